The molecule has 0 aliphatic carbocycles. The summed E-state index contributed by atoms with van der Waals surface area (Å²) < 4.78 is 5.70. The van der Waals surface area contributed by atoms with Crippen molar-refractivity contribution in [3.05, 3.63) is 23.8 Å². The predicted molar refractivity (Wildman–Crippen MR) is 71.8 cm³/mol. The highest BCUT2D eigenvalue weighted by Gasteiger charge is 2.30. The van der Waals surface area contributed by atoms with E-state index in [9.17, 15) is 4.79 Å². The van der Waals surface area contributed by atoms with Crippen LogP contribution in [0.15, 0.2) is 12.4 Å². The Bertz CT molecular complexity index is 431. The largest absolute Gasteiger partial charge is 0.378 e. The number of nitrogens with zero attached hydrogens (tertiary/aromatic N) is 2. The normalized spacial score (nSPS) is 22.7. The minimum Gasteiger partial charge on any atom is -0.378 e. The van der Waals surface area contributed by atoms with Crippen LogP contribution in [0.5, 0.6) is 0 Å². The number of carbonyl (C=O) groups excluding carboxylic acids is 1. The fraction of sp³-hybridized carbons (Fsp3) is 0.643. The van der Waals surface area contributed by atoms with Gasteiger partial charge in [0.15, 0.2) is 0 Å². The van der Waals surface area contributed by atoms with Gasteiger partial charge in [0.25, 0.3) is 5.91 Å². The average molecular weight is 263 g/mol. The lowest BCUT2D eigenvalue weighted by molar-refractivity contribution is 0.0533. The lowest BCUT2D eigenvalue weighted by atomic mass is 9.93. The highest BCUT2D eigenvalue weighted by Crippen LogP contribution is 2.26. The molecule has 0 saturated carbocycles. The molecule has 0 spiro atoms. The Balaban J connectivity index is 1.88. The van der Waals surface area contributed by atoms with E-state index in [1.54, 1.807) is 6.20 Å². The Morgan fingerprint density at radius 3 is 2.89 bits per heavy atom. The highest BCUT2D eigenvalue weighted by molar-refractivity contribution is 5.91. The summed E-state index contributed by atoms with van der Waals surface area (Å²) in [6.45, 7) is 7.56. The molecule has 1 aromatic rings. The van der Waals surface area contributed by atoms with Crippen LogP contribution in [0.3, 0.4) is 0 Å². The summed E-state index contributed by atoms with van der Waals surface area (Å²) in [7, 11) is 0. The molecule has 5 nitrogen and oxygen atoms in total. The van der Waals surface area contributed by atoms with Gasteiger partial charge in [-0.2, -0.15) is 0 Å². The lowest BCUT2D eigenvalue weighted by Gasteiger charge is -2.22. The van der Waals surface area contributed by atoms with E-state index in [1.807, 2.05) is 6.92 Å². The summed E-state index contributed by atoms with van der Waals surface area (Å²) in [4.78, 5) is 20.1. The number of aromatic nitrogens is 2. The second-order valence-corrected chi connectivity index (χ2v) is 5.38. The van der Waals surface area contributed by atoms with Crippen LogP contribution < -0.4 is 5.32 Å². The zero-order valence-electron chi connectivity index (χ0n) is 11.7. The molecule has 2 atom stereocenters. The smallest absolute Gasteiger partial charge is 0.271 e. The molecule has 1 amide bonds. The van der Waals surface area contributed by atoms with Gasteiger partial charge >= 0.3 is 0 Å². The Hall–Kier alpha value is -1.49. The maximum Gasteiger partial charge on any atom is 0.271 e. The molecule has 1 fully saturated rings. The van der Waals surface area contributed by atoms with Crippen LogP contribution in [0.4, 0.5) is 0 Å². The summed E-state index contributed by atoms with van der Waals surface area (Å²) >= 11 is 0. The van der Waals surface area contributed by atoms with E-state index in [2.05, 4.69) is 29.1 Å². The van der Waals surface area contributed by atoms with E-state index in [-0.39, 0.29) is 12.0 Å². The first-order valence-electron chi connectivity index (χ1n) is 6.76. The first-order chi connectivity index (χ1) is 9.08. The van der Waals surface area contributed by atoms with Gasteiger partial charge in [0, 0.05) is 25.3 Å². The third-order valence-corrected chi connectivity index (χ3v) is 3.46. The molecule has 2 rings (SSSR count). The standard InChI is InChI=1S/C14H21N3O2/c1-9(2)13-11(4-5-19-13)7-17-14(18)12-8-15-10(3)6-16-12/h6,8-9,11,13H,4-5,7H2,1-3H3,(H,17,18)/t11-,13-/m1/s1. The van der Waals surface area contributed by atoms with E-state index in [1.165, 1.54) is 6.20 Å². The van der Waals surface area contributed by atoms with Crippen LogP contribution in [0.25, 0.3) is 0 Å². The number of hydrogen-bond acceptors (Lipinski definition) is 4. The number of nitrogens with one attached hydrogen (secondary N) is 1. The van der Waals surface area contributed by atoms with Gasteiger partial charge in [0.1, 0.15) is 5.69 Å². The number of carbonyl (C=O) groups is 1. The minimum absolute atomic E-state index is 0.165. The summed E-state index contributed by atoms with van der Waals surface area (Å²) in [5.74, 6) is 0.702. The molecule has 1 aliphatic rings. The molecule has 104 valence electrons. The molecule has 0 aromatic carbocycles. The van der Waals surface area contributed by atoms with Crippen molar-refractivity contribution in [1.82, 2.24) is 15.3 Å². The van der Waals surface area contributed by atoms with Crippen molar-refractivity contribution < 1.29 is 9.53 Å². The lowest BCUT2D eigenvalue weighted by Crippen LogP contribution is -2.35. The van der Waals surface area contributed by atoms with Crippen molar-refractivity contribution in [1.29, 1.82) is 0 Å². The zero-order chi connectivity index (χ0) is 13.8. The maximum absolute atomic E-state index is 11.9. The van der Waals surface area contributed by atoms with Crippen molar-refractivity contribution in [3.8, 4) is 0 Å². The maximum atomic E-state index is 11.9. The topological polar surface area (TPSA) is 64.1 Å². The molecule has 19 heavy (non-hydrogen) atoms. The van der Waals surface area contributed by atoms with Crippen LogP contribution in [0.2, 0.25) is 0 Å². The Morgan fingerprint density at radius 1 is 1.47 bits per heavy atom. The van der Waals surface area contributed by atoms with Gasteiger partial charge in [-0.15, -0.1) is 0 Å². The van der Waals surface area contributed by atoms with Crippen LogP contribution in [0, 0.1) is 18.8 Å². The third kappa shape index (κ3) is 3.50. The van der Waals surface area contributed by atoms with Crippen LogP contribution >= 0.6 is 0 Å². The van der Waals surface area contributed by atoms with Gasteiger partial charge in [0.2, 0.25) is 0 Å². The zero-order valence-corrected chi connectivity index (χ0v) is 11.7. The molecule has 2 heterocycles. The molecule has 0 radical (unpaired) electrons. The molecule has 1 saturated heterocycles. The van der Waals surface area contributed by atoms with E-state index in [0.29, 0.717) is 24.1 Å². The summed E-state index contributed by atoms with van der Waals surface area (Å²) in [5.41, 5.74) is 1.17. The number of ether oxygens (including phenoxy) is 1. The Labute approximate surface area is 113 Å². The van der Waals surface area contributed by atoms with Crippen LogP contribution in [-0.2, 0) is 4.74 Å². The predicted octanol–water partition coefficient (Wildman–Crippen LogP) is 1.58. The minimum atomic E-state index is -0.165. The van der Waals surface area contributed by atoms with Gasteiger partial charge in [-0.25, -0.2) is 4.98 Å². The SMILES string of the molecule is Cc1cnc(C(=O)NC[C@H]2CCO[C@@H]2C(C)C)cn1. The Kier molecular flexibility index (Phi) is 4.47. The number of amides is 1. The van der Waals surface area contributed by atoms with Crippen molar-refractivity contribution in [2.75, 3.05) is 13.2 Å². The van der Waals surface area contributed by atoms with Crippen molar-refractivity contribution in [2.24, 2.45) is 11.8 Å². The molecular formula is C14H21N3O2. The van der Waals surface area contributed by atoms with Crippen molar-refractivity contribution >= 4 is 5.91 Å². The molecule has 5 heteroatoms. The van der Waals surface area contributed by atoms with Crippen molar-refractivity contribution in [3.63, 3.8) is 0 Å². The van der Waals surface area contributed by atoms with Gasteiger partial charge in [0.05, 0.1) is 18.0 Å². The summed E-state index contributed by atoms with van der Waals surface area (Å²) in [5, 5.41) is 2.92. The summed E-state index contributed by atoms with van der Waals surface area (Å²) in [6.07, 6.45) is 4.35. The first kappa shape index (κ1) is 13.9. The van der Waals surface area contributed by atoms with E-state index in [4.69, 9.17) is 4.74 Å². The molecule has 1 aromatic heterocycles. The average Bonchev–Trinajstić information content (AvgIpc) is 2.85. The van der Waals surface area contributed by atoms with Crippen molar-refractivity contribution in [2.45, 2.75) is 33.3 Å². The molecule has 0 unspecified atom stereocenters. The van der Waals surface area contributed by atoms with Crippen LogP contribution in [-0.4, -0.2) is 35.1 Å². The molecule has 0 bridgehead atoms. The fourth-order valence-corrected chi connectivity index (χ4v) is 2.44. The second kappa shape index (κ2) is 6.10. The molecular weight excluding hydrogens is 242 g/mol. The van der Waals surface area contributed by atoms with Gasteiger partial charge < -0.3 is 10.1 Å². The van der Waals surface area contributed by atoms with E-state index < -0.39 is 0 Å². The Morgan fingerprint density at radius 2 is 2.26 bits per heavy atom. The summed E-state index contributed by atoms with van der Waals surface area (Å²) in [6, 6.07) is 0. The van der Waals surface area contributed by atoms with Gasteiger partial charge in [-0.05, 0) is 19.3 Å². The van der Waals surface area contributed by atoms with Crippen LogP contribution in [0.1, 0.15) is 36.5 Å². The van der Waals surface area contributed by atoms with E-state index >= 15 is 0 Å². The monoisotopic (exact) mass is 263 g/mol. The first-order valence-corrected chi connectivity index (χ1v) is 6.76. The molecule has 1 N–H and O–H groups in total. The number of rotatable bonds is 4. The second-order valence-electron chi connectivity index (χ2n) is 5.38. The quantitative estimate of drug-likeness (QED) is 0.895. The van der Waals surface area contributed by atoms with Gasteiger partial charge in [-0.1, -0.05) is 13.8 Å². The van der Waals surface area contributed by atoms with E-state index in [0.717, 1.165) is 18.7 Å². The highest BCUT2D eigenvalue weighted by atomic mass is 16.5. The third-order valence-electron chi connectivity index (χ3n) is 3.46. The molecule has 1 aliphatic heterocycles. The fourth-order valence-electron chi connectivity index (χ4n) is 2.44. The number of hydrogen-bond donors (Lipinski definition) is 1. The number of aryl methyl sites for hydroxylation is 1. The van der Waals surface area contributed by atoms with Gasteiger partial charge in [-0.3, -0.25) is 9.78 Å².